The van der Waals surface area contributed by atoms with E-state index in [0.717, 1.165) is 22.6 Å². The third-order valence-corrected chi connectivity index (χ3v) is 7.84. The van der Waals surface area contributed by atoms with Crippen LogP contribution in [0.3, 0.4) is 0 Å². The standard InChI is InChI=1S/C22H25ClF3NO5S2/c1-14-10-16(4-7-20(14)32-13-21(28)29)33-15(2)12-27-8-3-9-34(30,31)17-5-6-18(19(23)11-17)22(24,25)26/h4-7,10-11,15,27H,3,8-9,12-13H2,1-2H3,(H,28,29). The Morgan fingerprint density at radius 2 is 1.94 bits per heavy atom. The van der Waals surface area contributed by atoms with Crippen LogP contribution < -0.4 is 10.1 Å². The normalized spacial score (nSPS) is 13.0. The monoisotopic (exact) mass is 539 g/mol. The molecule has 0 radical (unpaired) electrons. The average Bonchev–Trinajstić information content (AvgIpc) is 2.71. The first-order valence-electron chi connectivity index (χ1n) is 10.2. The van der Waals surface area contributed by atoms with E-state index in [1.165, 1.54) is 0 Å². The predicted molar refractivity (Wildman–Crippen MR) is 126 cm³/mol. The first-order valence-corrected chi connectivity index (χ1v) is 13.1. The Hall–Kier alpha value is -1.95. The number of thioether (sulfide) groups is 1. The maximum absolute atomic E-state index is 12.8. The Bertz CT molecular complexity index is 1110. The van der Waals surface area contributed by atoms with Crippen LogP contribution in [-0.4, -0.2) is 50.2 Å². The van der Waals surface area contributed by atoms with Crippen LogP contribution in [0.1, 0.15) is 24.5 Å². The summed E-state index contributed by atoms with van der Waals surface area (Å²) in [6.45, 7) is 4.44. The molecule has 0 heterocycles. The van der Waals surface area contributed by atoms with E-state index in [0.29, 0.717) is 24.9 Å². The molecular weight excluding hydrogens is 515 g/mol. The van der Waals surface area contributed by atoms with Crippen molar-refractivity contribution < 1.29 is 36.2 Å². The summed E-state index contributed by atoms with van der Waals surface area (Å²) in [4.78, 5) is 11.4. The highest BCUT2D eigenvalue weighted by Gasteiger charge is 2.33. The fourth-order valence-corrected chi connectivity index (χ4v) is 5.74. The largest absolute Gasteiger partial charge is 0.482 e. The molecule has 0 aromatic heterocycles. The number of rotatable bonds is 12. The predicted octanol–water partition coefficient (Wildman–Crippen LogP) is 5.06. The van der Waals surface area contributed by atoms with Crippen LogP contribution in [-0.2, 0) is 20.8 Å². The zero-order valence-electron chi connectivity index (χ0n) is 18.5. The molecule has 0 saturated heterocycles. The lowest BCUT2D eigenvalue weighted by Gasteiger charge is -2.14. The lowest BCUT2D eigenvalue weighted by atomic mass is 10.2. The van der Waals surface area contributed by atoms with E-state index in [9.17, 15) is 26.4 Å². The summed E-state index contributed by atoms with van der Waals surface area (Å²) in [6.07, 6.45) is -4.36. The van der Waals surface area contributed by atoms with Gasteiger partial charge in [0.2, 0.25) is 0 Å². The van der Waals surface area contributed by atoms with Gasteiger partial charge in [0.25, 0.3) is 0 Å². The van der Waals surface area contributed by atoms with Crippen molar-refractivity contribution in [3.63, 3.8) is 0 Å². The number of carbonyl (C=O) groups is 1. The Morgan fingerprint density at radius 3 is 2.53 bits per heavy atom. The first-order chi connectivity index (χ1) is 15.8. The maximum atomic E-state index is 12.8. The highest BCUT2D eigenvalue weighted by Crippen LogP contribution is 2.35. The van der Waals surface area contributed by atoms with E-state index in [2.05, 4.69) is 5.32 Å². The second-order valence-electron chi connectivity index (χ2n) is 7.55. The first kappa shape index (κ1) is 28.3. The van der Waals surface area contributed by atoms with Crippen LogP contribution in [0.4, 0.5) is 13.2 Å². The van der Waals surface area contributed by atoms with Crippen molar-refractivity contribution >= 4 is 39.2 Å². The third-order valence-electron chi connectivity index (χ3n) is 4.64. The van der Waals surface area contributed by atoms with Gasteiger partial charge in [-0.2, -0.15) is 13.2 Å². The Kier molecular flexibility index (Phi) is 10.1. The van der Waals surface area contributed by atoms with Crippen LogP contribution in [0.2, 0.25) is 5.02 Å². The molecule has 6 nitrogen and oxygen atoms in total. The van der Waals surface area contributed by atoms with Crippen molar-refractivity contribution in [2.75, 3.05) is 25.4 Å². The number of aliphatic carboxylic acids is 1. The SMILES string of the molecule is Cc1cc(SC(C)CNCCCS(=O)(=O)c2ccc(C(F)(F)F)c(Cl)c2)ccc1OCC(=O)O. The molecule has 1 unspecified atom stereocenters. The second kappa shape index (κ2) is 12.1. The van der Waals surface area contributed by atoms with E-state index >= 15 is 0 Å². The molecule has 2 aromatic carbocycles. The third kappa shape index (κ3) is 8.68. The van der Waals surface area contributed by atoms with Gasteiger partial charge in [-0.15, -0.1) is 11.8 Å². The number of benzene rings is 2. The molecular formula is C22H25ClF3NO5S2. The van der Waals surface area contributed by atoms with Crippen LogP contribution >= 0.6 is 23.4 Å². The second-order valence-corrected chi connectivity index (χ2v) is 11.6. The number of sulfone groups is 1. The molecule has 12 heteroatoms. The molecule has 34 heavy (non-hydrogen) atoms. The molecule has 188 valence electrons. The minimum atomic E-state index is -4.65. The summed E-state index contributed by atoms with van der Waals surface area (Å²) < 4.78 is 68.4. The van der Waals surface area contributed by atoms with Gasteiger partial charge in [-0.3, -0.25) is 0 Å². The van der Waals surface area contributed by atoms with Crippen LogP contribution in [0.15, 0.2) is 46.2 Å². The van der Waals surface area contributed by atoms with E-state index in [-0.39, 0.29) is 22.3 Å². The van der Waals surface area contributed by atoms with Gasteiger partial charge in [0.05, 0.1) is 21.2 Å². The molecule has 0 aliphatic carbocycles. The number of alkyl halides is 3. The lowest BCUT2D eigenvalue weighted by Crippen LogP contribution is -2.25. The molecule has 0 aliphatic rings. The highest BCUT2D eigenvalue weighted by molar-refractivity contribution is 8.00. The quantitative estimate of drug-likeness (QED) is 0.287. The minimum absolute atomic E-state index is 0.163. The van der Waals surface area contributed by atoms with Crippen molar-refractivity contribution in [1.82, 2.24) is 5.32 Å². The summed E-state index contributed by atoms with van der Waals surface area (Å²) in [5.74, 6) is -0.762. The zero-order chi connectivity index (χ0) is 25.5. The fourth-order valence-electron chi connectivity index (χ4n) is 3.00. The average molecular weight is 540 g/mol. The summed E-state index contributed by atoms with van der Waals surface area (Å²) in [5.41, 5.74) is -0.251. The van der Waals surface area contributed by atoms with Gasteiger partial charge in [0.15, 0.2) is 16.4 Å². The van der Waals surface area contributed by atoms with Crippen LogP contribution in [0, 0.1) is 6.92 Å². The van der Waals surface area contributed by atoms with Crippen LogP contribution in [0.25, 0.3) is 0 Å². The molecule has 0 bridgehead atoms. The van der Waals surface area contributed by atoms with E-state index < -0.39 is 39.2 Å². The number of nitrogens with one attached hydrogen (secondary N) is 1. The zero-order valence-corrected chi connectivity index (χ0v) is 20.9. The summed E-state index contributed by atoms with van der Waals surface area (Å²) >= 11 is 7.22. The number of halogens is 4. The number of ether oxygens (including phenoxy) is 1. The smallest absolute Gasteiger partial charge is 0.417 e. The Balaban J connectivity index is 1.78. The van der Waals surface area contributed by atoms with Gasteiger partial charge in [0.1, 0.15) is 5.75 Å². The number of hydrogen-bond acceptors (Lipinski definition) is 6. The molecule has 0 saturated carbocycles. The maximum Gasteiger partial charge on any atom is 0.417 e. The van der Waals surface area contributed by atoms with Gasteiger partial charge in [-0.05, 0) is 61.9 Å². The van der Waals surface area contributed by atoms with Gasteiger partial charge >= 0.3 is 12.1 Å². The summed E-state index contributed by atoms with van der Waals surface area (Å²) in [7, 11) is -3.76. The molecule has 0 spiro atoms. The molecule has 2 N–H and O–H groups in total. The van der Waals surface area contributed by atoms with Crippen molar-refractivity contribution in [1.29, 1.82) is 0 Å². The highest BCUT2D eigenvalue weighted by atomic mass is 35.5. The van der Waals surface area contributed by atoms with Gasteiger partial charge in [-0.25, -0.2) is 13.2 Å². The number of hydrogen-bond donors (Lipinski definition) is 2. The fraction of sp³-hybridized carbons (Fsp3) is 0.409. The van der Waals surface area contributed by atoms with Gasteiger partial charge < -0.3 is 15.2 Å². The number of carboxylic acids is 1. The minimum Gasteiger partial charge on any atom is -0.482 e. The van der Waals surface area contributed by atoms with E-state index in [4.69, 9.17) is 21.4 Å². The topological polar surface area (TPSA) is 92.7 Å². The summed E-state index contributed by atoms with van der Waals surface area (Å²) in [5, 5.41) is 11.4. The lowest BCUT2D eigenvalue weighted by molar-refractivity contribution is -0.139. The van der Waals surface area contributed by atoms with Crippen molar-refractivity contribution in [3.05, 3.63) is 52.5 Å². The number of carboxylic acid groups (broad SMARTS) is 1. The van der Waals surface area contributed by atoms with Gasteiger partial charge in [-0.1, -0.05) is 18.5 Å². The van der Waals surface area contributed by atoms with E-state index in [1.54, 1.807) is 17.8 Å². The molecule has 1 atom stereocenters. The molecule has 0 fully saturated rings. The Morgan fingerprint density at radius 1 is 1.24 bits per heavy atom. The molecule has 0 amide bonds. The van der Waals surface area contributed by atoms with Crippen LogP contribution in [0.5, 0.6) is 5.75 Å². The van der Waals surface area contributed by atoms with Crippen molar-refractivity contribution in [2.24, 2.45) is 0 Å². The van der Waals surface area contributed by atoms with Crippen molar-refractivity contribution in [2.45, 2.75) is 41.5 Å². The molecule has 2 rings (SSSR count). The molecule has 2 aromatic rings. The van der Waals surface area contributed by atoms with E-state index in [1.807, 2.05) is 26.0 Å². The van der Waals surface area contributed by atoms with Crippen molar-refractivity contribution in [3.8, 4) is 5.75 Å². The van der Waals surface area contributed by atoms with Gasteiger partial charge in [0, 0.05) is 16.7 Å². The Labute approximate surface area is 205 Å². The summed E-state index contributed by atoms with van der Waals surface area (Å²) in [6, 6.07) is 7.91. The molecule has 0 aliphatic heterocycles. The number of aryl methyl sites for hydroxylation is 1.